The Morgan fingerprint density at radius 2 is 1.77 bits per heavy atom. The van der Waals surface area contributed by atoms with Crippen molar-refractivity contribution in [2.24, 2.45) is 0 Å². The van der Waals surface area contributed by atoms with Gasteiger partial charge in [0, 0.05) is 17.6 Å². The van der Waals surface area contributed by atoms with Crippen molar-refractivity contribution in [3.05, 3.63) is 71.0 Å². The zero-order valence-electron chi connectivity index (χ0n) is 20.0. The maximum Gasteiger partial charge on any atom is 0.244 e. The first-order valence-electron chi connectivity index (χ1n) is 11.7. The zero-order valence-corrected chi connectivity index (χ0v) is 21.5. The van der Waals surface area contributed by atoms with Gasteiger partial charge in [0.05, 0.1) is 16.6 Å². The van der Waals surface area contributed by atoms with E-state index in [1.54, 1.807) is 37.3 Å². The van der Waals surface area contributed by atoms with E-state index in [-0.39, 0.29) is 23.2 Å². The number of rotatable bonds is 8. The molecule has 4 rings (SSSR count). The van der Waals surface area contributed by atoms with Crippen LogP contribution in [0.2, 0.25) is 5.02 Å². The van der Waals surface area contributed by atoms with Gasteiger partial charge < -0.3 is 4.90 Å². The van der Waals surface area contributed by atoms with Crippen LogP contribution in [0.1, 0.15) is 38.8 Å². The number of halogens is 2. The van der Waals surface area contributed by atoms with Crippen LogP contribution in [0.5, 0.6) is 0 Å². The van der Waals surface area contributed by atoms with Crippen LogP contribution in [-0.2, 0) is 14.8 Å². The Hall–Kier alpha value is -2.52. The van der Waals surface area contributed by atoms with Gasteiger partial charge in [0.1, 0.15) is 5.82 Å². The first kappa shape index (κ1) is 25.6. The number of sulfonamides is 1. The minimum Gasteiger partial charge on any atom is -0.309 e. The number of fused-ring (bicyclic) bond motifs is 1. The van der Waals surface area contributed by atoms with Gasteiger partial charge in [0.25, 0.3) is 0 Å². The quantitative estimate of drug-likeness (QED) is 0.450. The number of carbonyl (C=O) groups is 1. The molecule has 1 aliphatic rings. The molecule has 1 fully saturated rings. The standard InChI is InChI=1S/C26H29ClFN3O3S/c1-4-31(25-11-8-19(16-24(25)28)18(3)30-12-5-13-30)26(32)17(2)29-35(33,34)23-10-7-20-14-22(27)9-6-21(20)15-23/h6-11,14-18,29H,4-5,12-13H2,1-3H3. The van der Waals surface area contributed by atoms with E-state index in [1.807, 2.05) is 13.0 Å². The third-order valence-corrected chi connectivity index (χ3v) is 8.33. The fraction of sp³-hybridized carbons (Fsp3) is 0.346. The summed E-state index contributed by atoms with van der Waals surface area (Å²) in [5.74, 6) is -1.04. The van der Waals surface area contributed by atoms with E-state index in [4.69, 9.17) is 11.6 Å². The van der Waals surface area contributed by atoms with Gasteiger partial charge >= 0.3 is 0 Å². The van der Waals surface area contributed by atoms with Crippen LogP contribution in [0.25, 0.3) is 10.8 Å². The molecule has 1 N–H and O–H groups in total. The molecular formula is C26H29ClFN3O3S. The summed E-state index contributed by atoms with van der Waals surface area (Å²) in [6.45, 7) is 7.40. The second-order valence-corrected chi connectivity index (χ2v) is 11.0. The molecule has 0 spiro atoms. The number of likely N-dealkylation sites (tertiary alicyclic amines) is 1. The maximum absolute atomic E-state index is 15.1. The van der Waals surface area contributed by atoms with Crippen molar-refractivity contribution in [2.45, 2.75) is 44.2 Å². The van der Waals surface area contributed by atoms with E-state index >= 15 is 4.39 Å². The number of anilines is 1. The molecule has 3 aromatic carbocycles. The van der Waals surface area contributed by atoms with Crippen molar-refractivity contribution in [1.82, 2.24) is 9.62 Å². The van der Waals surface area contributed by atoms with Crippen molar-refractivity contribution in [1.29, 1.82) is 0 Å². The molecule has 0 radical (unpaired) electrons. The Morgan fingerprint density at radius 3 is 2.40 bits per heavy atom. The molecule has 2 unspecified atom stereocenters. The van der Waals surface area contributed by atoms with Crippen molar-refractivity contribution < 1.29 is 17.6 Å². The summed E-state index contributed by atoms with van der Waals surface area (Å²) < 4.78 is 43.5. The largest absolute Gasteiger partial charge is 0.309 e. The second-order valence-electron chi connectivity index (χ2n) is 8.86. The average Bonchev–Trinajstić information content (AvgIpc) is 2.78. The Morgan fingerprint density at radius 1 is 1.09 bits per heavy atom. The molecular weight excluding hydrogens is 489 g/mol. The molecule has 1 saturated heterocycles. The van der Waals surface area contributed by atoms with Crippen LogP contribution in [0.15, 0.2) is 59.5 Å². The molecule has 1 heterocycles. The van der Waals surface area contributed by atoms with Crippen LogP contribution >= 0.6 is 11.6 Å². The molecule has 0 aromatic heterocycles. The number of likely N-dealkylation sites (N-methyl/N-ethyl adjacent to an activating group) is 1. The zero-order chi connectivity index (χ0) is 25.3. The van der Waals surface area contributed by atoms with Gasteiger partial charge in [0.2, 0.25) is 15.9 Å². The number of hydrogen-bond acceptors (Lipinski definition) is 4. The monoisotopic (exact) mass is 517 g/mol. The van der Waals surface area contributed by atoms with Gasteiger partial charge in [-0.3, -0.25) is 9.69 Å². The number of hydrogen-bond donors (Lipinski definition) is 1. The summed E-state index contributed by atoms with van der Waals surface area (Å²) in [5, 5.41) is 2.07. The fourth-order valence-electron chi connectivity index (χ4n) is 4.33. The lowest BCUT2D eigenvalue weighted by atomic mass is 10.0. The Bertz CT molecular complexity index is 1360. The number of nitrogens with zero attached hydrogens (tertiary/aromatic N) is 2. The number of nitrogens with one attached hydrogen (secondary N) is 1. The molecule has 2 atom stereocenters. The SMILES string of the molecule is CCN(C(=O)C(C)NS(=O)(=O)c1ccc2cc(Cl)ccc2c1)c1ccc(C(C)N2CCC2)cc1F. The summed E-state index contributed by atoms with van der Waals surface area (Å²) in [6, 6.07) is 13.7. The molecule has 3 aromatic rings. The Labute approximate surface area is 210 Å². The summed E-state index contributed by atoms with van der Waals surface area (Å²) in [6.07, 6.45) is 1.14. The third-order valence-electron chi connectivity index (χ3n) is 6.55. The van der Waals surface area contributed by atoms with E-state index in [1.165, 1.54) is 30.0 Å². The molecule has 1 aliphatic heterocycles. The average molecular weight is 518 g/mol. The Kier molecular flexibility index (Phi) is 7.47. The van der Waals surface area contributed by atoms with Crippen molar-refractivity contribution in [3.8, 4) is 0 Å². The van der Waals surface area contributed by atoms with Crippen molar-refractivity contribution >= 4 is 44.0 Å². The summed E-state index contributed by atoms with van der Waals surface area (Å²) in [7, 11) is -3.99. The molecule has 0 saturated carbocycles. The molecule has 9 heteroatoms. The predicted molar refractivity (Wildman–Crippen MR) is 138 cm³/mol. The minimum atomic E-state index is -3.99. The van der Waals surface area contributed by atoms with Crippen LogP contribution in [-0.4, -0.2) is 44.9 Å². The smallest absolute Gasteiger partial charge is 0.244 e. The second kappa shape index (κ2) is 10.2. The van der Waals surface area contributed by atoms with Crippen LogP contribution in [0, 0.1) is 5.82 Å². The maximum atomic E-state index is 15.1. The van der Waals surface area contributed by atoms with E-state index in [9.17, 15) is 13.2 Å². The predicted octanol–water partition coefficient (Wildman–Crippen LogP) is 5.12. The van der Waals surface area contributed by atoms with Gasteiger partial charge in [-0.15, -0.1) is 0 Å². The lowest BCUT2D eigenvalue weighted by molar-refractivity contribution is -0.119. The minimum absolute atomic E-state index is 0.0329. The van der Waals surface area contributed by atoms with E-state index in [2.05, 4.69) is 9.62 Å². The molecule has 1 amide bonds. The van der Waals surface area contributed by atoms with Crippen molar-refractivity contribution in [2.75, 3.05) is 24.5 Å². The summed E-state index contributed by atoms with van der Waals surface area (Å²) in [4.78, 5) is 16.7. The summed E-state index contributed by atoms with van der Waals surface area (Å²) in [5.41, 5.74) is 0.978. The van der Waals surface area contributed by atoms with Crippen LogP contribution in [0.4, 0.5) is 10.1 Å². The topological polar surface area (TPSA) is 69.7 Å². The van der Waals surface area contributed by atoms with Crippen LogP contribution < -0.4 is 9.62 Å². The number of amides is 1. The third kappa shape index (κ3) is 5.35. The summed E-state index contributed by atoms with van der Waals surface area (Å²) >= 11 is 6.00. The van der Waals surface area contributed by atoms with Gasteiger partial charge in [-0.05, 0) is 93.0 Å². The molecule has 35 heavy (non-hydrogen) atoms. The van der Waals surface area contributed by atoms with Gasteiger partial charge in [-0.25, -0.2) is 12.8 Å². The van der Waals surface area contributed by atoms with E-state index in [0.717, 1.165) is 30.5 Å². The molecule has 0 aliphatic carbocycles. The van der Waals surface area contributed by atoms with Crippen molar-refractivity contribution in [3.63, 3.8) is 0 Å². The van der Waals surface area contributed by atoms with E-state index < -0.39 is 27.8 Å². The van der Waals surface area contributed by atoms with Gasteiger partial charge in [-0.2, -0.15) is 4.72 Å². The van der Waals surface area contributed by atoms with Crippen LogP contribution in [0.3, 0.4) is 0 Å². The lowest BCUT2D eigenvalue weighted by Gasteiger charge is -2.37. The first-order chi connectivity index (χ1) is 16.6. The molecule has 0 bridgehead atoms. The number of carbonyl (C=O) groups excluding carboxylic acids is 1. The highest BCUT2D eigenvalue weighted by Crippen LogP contribution is 2.29. The number of benzene rings is 3. The fourth-order valence-corrected chi connectivity index (χ4v) is 5.74. The highest BCUT2D eigenvalue weighted by molar-refractivity contribution is 7.89. The Balaban J connectivity index is 1.52. The van der Waals surface area contributed by atoms with E-state index in [0.29, 0.717) is 10.4 Å². The molecule has 6 nitrogen and oxygen atoms in total. The highest BCUT2D eigenvalue weighted by Gasteiger charge is 2.28. The van der Waals surface area contributed by atoms with Gasteiger partial charge in [-0.1, -0.05) is 29.8 Å². The normalized spacial score (nSPS) is 16.0. The molecule has 186 valence electrons. The first-order valence-corrected chi connectivity index (χ1v) is 13.5. The van der Waals surface area contributed by atoms with Gasteiger partial charge in [0.15, 0.2) is 0 Å². The highest BCUT2D eigenvalue weighted by atomic mass is 35.5. The lowest BCUT2D eigenvalue weighted by Crippen LogP contribution is -2.47.